The molecule has 2 heterocycles. The molecule has 1 aliphatic rings. The van der Waals surface area contributed by atoms with Crippen molar-refractivity contribution < 1.29 is 9.18 Å². The largest absolute Gasteiger partial charge is 0.366 e. The van der Waals surface area contributed by atoms with Gasteiger partial charge in [-0.05, 0) is 31.0 Å². The number of urea groups is 1. The second-order valence-corrected chi connectivity index (χ2v) is 6.99. The standard InChI is InChI=1S/C18H19Cl2FN4O/c1-12-3-4-13(9-14(12)19)23-18(26)25-6-2-5-24(7-8-25)17-15(20)10-22-11-16(17)21/h3-4,9-11H,2,5-8H2,1H3,(H,23,26). The Hall–Kier alpha value is -2.05. The van der Waals surface area contributed by atoms with E-state index in [0.717, 1.165) is 11.8 Å². The molecule has 138 valence electrons. The number of carbonyl (C=O) groups excluding carboxylic acids is 1. The molecule has 0 bridgehead atoms. The van der Waals surface area contributed by atoms with E-state index in [1.54, 1.807) is 11.0 Å². The Balaban J connectivity index is 1.66. The van der Waals surface area contributed by atoms with Crippen LogP contribution >= 0.6 is 23.2 Å². The summed E-state index contributed by atoms with van der Waals surface area (Å²) < 4.78 is 14.1. The summed E-state index contributed by atoms with van der Waals surface area (Å²) in [6.45, 7) is 4.04. The third kappa shape index (κ3) is 4.19. The molecule has 2 amide bonds. The molecule has 0 radical (unpaired) electrons. The minimum atomic E-state index is -0.454. The normalized spacial score (nSPS) is 14.9. The van der Waals surface area contributed by atoms with Crippen LogP contribution in [0.1, 0.15) is 12.0 Å². The summed E-state index contributed by atoms with van der Waals surface area (Å²) in [7, 11) is 0. The first kappa shape index (κ1) is 18.7. The minimum Gasteiger partial charge on any atom is -0.366 e. The zero-order chi connectivity index (χ0) is 18.7. The zero-order valence-corrected chi connectivity index (χ0v) is 15.8. The lowest BCUT2D eigenvalue weighted by Gasteiger charge is -2.24. The fraction of sp³-hybridized carbons (Fsp3) is 0.333. The van der Waals surface area contributed by atoms with Crippen LogP contribution in [0.3, 0.4) is 0 Å². The molecule has 2 aromatic rings. The van der Waals surface area contributed by atoms with Crippen LogP contribution in [0.25, 0.3) is 0 Å². The average Bonchev–Trinajstić information content (AvgIpc) is 2.84. The Labute approximate surface area is 161 Å². The van der Waals surface area contributed by atoms with Crippen LogP contribution in [0.2, 0.25) is 10.0 Å². The number of aryl methyl sites for hydroxylation is 1. The Bertz CT molecular complexity index is 798. The van der Waals surface area contributed by atoms with Gasteiger partial charge in [-0.15, -0.1) is 0 Å². The van der Waals surface area contributed by atoms with Gasteiger partial charge in [0, 0.05) is 43.1 Å². The van der Waals surface area contributed by atoms with Crippen LogP contribution in [-0.2, 0) is 0 Å². The van der Waals surface area contributed by atoms with E-state index in [1.165, 1.54) is 6.20 Å². The topological polar surface area (TPSA) is 48.5 Å². The van der Waals surface area contributed by atoms with Gasteiger partial charge in [0.25, 0.3) is 0 Å². The molecule has 1 fully saturated rings. The average molecular weight is 397 g/mol. The number of rotatable bonds is 2. The molecule has 0 saturated carbocycles. The van der Waals surface area contributed by atoms with Gasteiger partial charge >= 0.3 is 6.03 Å². The first-order valence-corrected chi connectivity index (χ1v) is 9.07. The van der Waals surface area contributed by atoms with Crippen molar-refractivity contribution in [3.05, 3.63) is 52.0 Å². The van der Waals surface area contributed by atoms with Crippen LogP contribution in [0.4, 0.5) is 20.6 Å². The summed E-state index contributed by atoms with van der Waals surface area (Å²) in [5, 5.41) is 3.74. The number of aromatic nitrogens is 1. The summed E-state index contributed by atoms with van der Waals surface area (Å²) in [6, 6.07) is 5.20. The van der Waals surface area contributed by atoms with Crippen molar-refractivity contribution in [2.24, 2.45) is 0 Å². The van der Waals surface area contributed by atoms with Crippen LogP contribution in [-0.4, -0.2) is 42.1 Å². The van der Waals surface area contributed by atoms with Crippen molar-refractivity contribution in [3.63, 3.8) is 0 Å². The lowest BCUT2D eigenvalue weighted by Crippen LogP contribution is -2.38. The van der Waals surface area contributed by atoms with Crippen LogP contribution < -0.4 is 10.2 Å². The van der Waals surface area contributed by atoms with E-state index in [1.807, 2.05) is 24.0 Å². The molecular weight excluding hydrogens is 378 g/mol. The monoisotopic (exact) mass is 396 g/mol. The highest BCUT2D eigenvalue weighted by atomic mass is 35.5. The maximum absolute atomic E-state index is 14.1. The Morgan fingerprint density at radius 3 is 2.69 bits per heavy atom. The number of pyridine rings is 1. The molecule has 0 atom stereocenters. The lowest BCUT2D eigenvalue weighted by molar-refractivity contribution is 0.215. The summed E-state index contributed by atoms with van der Waals surface area (Å²) in [5.41, 5.74) is 1.94. The first-order chi connectivity index (χ1) is 12.5. The second-order valence-electron chi connectivity index (χ2n) is 6.17. The highest BCUT2D eigenvalue weighted by molar-refractivity contribution is 6.33. The van der Waals surface area contributed by atoms with E-state index < -0.39 is 5.82 Å². The number of anilines is 2. The van der Waals surface area contributed by atoms with Gasteiger partial charge in [-0.3, -0.25) is 4.98 Å². The highest BCUT2D eigenvalue weighted by Gasteiger charge is 2.22. The molecule has 8 heteroatoms. The van der Waals surface area contributed by atoms with Gasteiger partial charge in [0.15, 0.2) is 5.82 Å². The van der Waals surface area contributed by atoms with Crippen LogP contribution in [0.15, 0.2) is 30.6 Å². The number of carbonyl (C=O) groups is 1. The number of benzene rings is 1. The minimum absolute atomic E-state index is 0.201. The molecule has 5 nitrogen and oxygen atoms in total. The predicted octanol–water partition coefficient (Wildman–Crippen LogP) is 4.58. The van der Waals surface area contributed by atoms with Crippen molar-refractivity contribution in [1.82, 2.24) is 9.88 Å². The van der Waals surface area contributed by atoms with Gasteiger partial charge in [0.2, 0.25) is 0 Å². The molecule has 1 aromatic heterocycles. The first-order valence-electron chi connectivity index (χ1n) is 8.31. The van der Waals surface area contributed by atoms with Crippen molar-refractivity contribution in [2.75, 3.05) is 36.4 Å². The second kappa shape index (κ2) is 8.10. The summed E-state index contributed by atoms with van der Waals surface area (Å²) in [5.74, 6) is -0.454. The number of halogens is 3. The number of nitrogens with zero attached hydrogens (tertiary/aromatic N) is 3. The van der Waals surface area contributed by atoms with E-state index in [2.05, 4.69) is 10.3 Å². The van der Waals surface area contributed by atoms with Gasteiger partial charge in [-0.25, -0.2) is 9.18 Å². The Morgan fingerprint density at radius 2 is 1.96 bits per heavy atom. The summed E-state index contributed by atoms with van der Waals surface area (Å²) >= 11 is 12.2. The van der Waals surface area contributed by atoms with Crippen LogP contribution in [0.5, 0.6) is 0 Å². The Kier molecular flexibility index (Phi) is 5.84. The Morgan fingerprint density at radius 1 is 1.15 bits per heavy atom. The lowest BCUT2D eigenvalue weighted by atomic mass is 10.2. The maximum atomic E-state index is 14.1. The van der Waals surface area contributed by atoms with Gasteiger partial charge < -0.3 is 15.1 Å². The predicted molar refractivity (Wildman–Crippen MR) is 103 cm³/mol. The highest BCUT2D eigenvalue weighted by Crippen LogP contribution is 2.28. The molecule has 1 aromatic carbocycles. The fourth-order valence-corrected chi connectivity index (χ4v) is 3.37. The van der Waals surface area contributed by atoms with E-state index >= 15 is 0 Å². The van der Waals surface area contributed by atoms with Gasteiger partial charge in [0.05, 0.1) is 16.9 Å². The van der Waals surface area contributed by atoms with E-state index in [0.29, 0.717) is 49.0 Å². The van der Waals surface area contributed by atoms with Crippen molar-refractivity contribution in [3.8, 4) is 0 Å². The van der Waals surface area contributed by atoms with E-state index in [4.69, 9.17) is 23.2 Å². The fourth-order valence-electron chi connectivity index (χ4n) is 2.92. The van der Waals surface area contributed by atoms with Gasteiger partial charge in [-0.1, -0.05) is 29.3 Å². The molecule has 1 aliphatic heterocycles. The van der Waals surface area contributed by atoms with Crippen LogP contribution in [0, 0.1) is 12.7 Å². The number of hydrogen-bond donors (Lipinski definition) is 1. The maximum Gasteiger partial charge on any atom is 0.321 e. The molecular formula is C18H19Cl2FN4O. The van der Waals surface area contributed by atoms with Gasteiger partial charge in [0.1, 0.15) is 0 Å². The SMILES string of the molecule is Cc1ccc(NC(=O)N2CCCN(c3c(F)cncc3Cl)CC2)cc1Cl. The number of nitrogens with one attached hydrogen (secondary N) is 1. The molecule has 1 N–H and O–H groups in total. The number of amides is 2. The van der Waals surface area contributed by atoms with E-state index in [-0.39, 0.29) is 11.1 Å². The van der Waals surface area contributed by atoms with Crippen molar-refractivity contribution in [2.45, 2.75) is 13.3 Å². The molecule has 1 saturated heterocycles. The molecule has 3 rings (SSSR count). The molecule has 0 aliphatic carbocycles. The molecule has 26 heavy (non-hydrogen) atoms. The third-order valence-corrected chi connectivity index (χ3v) is 5.03. The molecule has 0 unspecified atom stereocenters. The quantitative estimate of drug-likeness (QED) is 0.807. The van der Waals surface area contributed by atoms with Crippen molar-refractivity contribution in [1.29, 1.82) is 0 Å². The number of hydrogen-bond acceptors (Lipinski definition) is 3. The summed E-state index contributed by atoms with van der Waals surface area (Å²) in [4.78, 5) is 19.8. The smallest absolute Gasteiger partial charge is 0.321 e. The van der Waals surface area contributed by atoms with E-state index in [9.17, 15) is 9.18 Å². The molecule has 0 spiro atoms. The van der Waals surface area contributed by atoms with Gasteiger partial charge in [-0.2, -0.15) is 0 Å². The summed E-state index contributed by atoms with van der Waals surface area (Å²) in [6.07, 6.45) is 3.29. The zero-order valence-electron chi connectivity index (χ0n) is 14.3. The third-order valence-electron chi connectivity index (χ3n) is 4.35. The van der Waals surface area contributed by atoms with Crippen molar-refractivity contribution >= 4 is 40.6 Å².